The third-order valence-corrected chi connectivity index (χ3v) is 7.66. The first-order valence-electron chi connectivity index (χ1n) is 8.12. The lowest BCUT2D eigenvalue weighted by Gasteiger charge is -2.09. The summed E-state index contributed by atoms with van der Waals surface area (Å²) in [5.41, 5.74) is 5.57. The number of fused-ring (bicyclic) bond motifs is 1. The Morgan fingerprint density at radius 1 is 1.13 bits per heavy atom. The summed E-state index contributed by atoms with van der Waals surface area (Å²) in [5, 5.41) is 0. The average Bonchev–Trinajstić information content (AvgIpc) is 2.88. The van der Waals surface area contributed by atoms with Gasteiger partial charge in [-0.15, -0.1) is 23.1 Å². The van der Waals surface area contributed by atoms with E-state index in [9.17, 15) is 0 Å². The van der Waals surface area contributed by atoms with Gasteiger partial charge < -0.3 is 4.72 Å². The Labute approximate surface area is 152 Å². The molecule has 0 atom stereocenters. The van der Waals surface area contributed by atoms with E-state index in [2.05, 4.69) is 55.8 Å². The van der Waals surface area contributed by atoms with E-state index < -0.39 is 0 Å². The summed E-state index contributed by atoms with van der Waals surface area (Å²) in [6, 6.07) is 8.78. The Morgan fingerprint density at radius 3 is 2.65 bits per heavy atom. The number of benzene rings is 1. The number of hydrogen-bond donors (Lipinski definition) is 1. The van der Waals surface area contributed by atoms with Gasteiger partial charge in [-0.1, -0.05) is 18.6 Å². The molecule has 1 aromatic carbocycles. The highest BCUT2D eigenvalue weighted by Gasteiger charge is 2.17. The minimum absolute atomic E-state index is 1.17. The standard InChI is InChI=1S/C19H23NS3/c1-4-11-21-16-8-6-15(7-9-16)20-23-19-14(3)17-12-13(2)5-10-18(17)22-19/h6-9,12,20H,4-5,10-11H2,1-3H3. The largest absolute Gasteiger partial charge is 0.325 e. The number of anilines is 1. The summed E-state index contributed by atoms with van der Waals surface area (Å²) >= 11 is 5.63. The van der Waals surface area contributed by atoms with Crippen LogP contribution in [0.4, 0.5) is 5.69 Å². The summed E-state index contributed by atoms with van der Waals surface area (Å²) in [6.45, 7) is 6.71. The molecular weight excluding hydrogens is 338 g/mol. The molecule has 0 unspecified atom stereocenters. The highest BCUT2D eigenvalue weighted by molar-refractivity contribution is 8.02. The topological polar surface area (TPSA) is 12.0 Å². The maximum atomic E-state index is 3.50. The van der Waals surface area contributed by atoms with Gasteiger partial charge in [0.15, 0.2) is 0 Å². The molecule has 0 fully saturated rings. The van der Waals surface area contributed by atoms with Crippen molar-refractivity contribution >= 4 is 46.8 Å². The molecule has 0 bridgehead atoms. The van der Waals surface area contributed by atoms with Crippen molar-refractivity contribution in [3.05, 3.63) is 45.8 Å². The number of rotatable bonds is 6. The van der Waals surface area contributed by atoms with Gasteiger partial charge >= 0.3 is 0 Å². The van der Waals surface area contributed by atoms with E-state index in [1.54, 1.807) is 16.8 Å². The van der Waals surface area contributed by atoms with Crippen LogP contribution in [0.1, 0.15) is 42.7 Å². The number of nitrogens with one attached hydrogen (secondary N) is 1. The molecule has 122 valence electrons. The molecule has 4 heteroatoms. The van der Waals surface area contributed by atoms with Gasteiger partial charge in [0, 0.05) is 15.5 Å². The Kier molecular flexibility index (Phi) is 5.78. The minimum atomic E-state index is 1.17. The minimum Gasteiger partial charge on any atom is -0.325 e. The van der Waals surface area contributed by atoms with Crippen LogP contribution in [0.15, 0.2) is 38.9 Å². The predicted molar refractivity (Wildman–Crippen MR) is 108 cm³/mol. The molecule has 3 rings (SSSR count). The molecule has 1 aromatic heterocycles. The molecule has 23 heavy (non-hydrogen) atoms. The number of thiophene rings is 1. The van der Waals surface area contributed by atoms with Crippen molar-refractivity contribution in [2.24, 2.45) is 0 Å². The van der Waals surface area contributed by atoms with Crippen LogP contribution in [0.2, 0.25) is 0 Å². The lowest BCUT2D eigenvalue weighted by Crippen LogP contribution is -1.93. The zero-order valence-corrected chi connectivity index (χ0v) is 16.4. The molecule has 0 amide bonds. The first-order chi connectivity index (χ1) is 11.2. The second-order valence-electron chi connectivity index (χ2n) is 5.92. The highest BCUT2D eigenvalue weighted by Crippen LogP contribution is 2.40. The van der Waals surface area contributed by atoms with Crippen LogP contribution in [0.3, 0.4) is 0 Å². The van der Waals surface area contributed by atoms with Crippen LogP contribution in [0, 0.1) is 6.92 Å². The fourth-order valence-electron chi connectivity index (χ4n) is 2.61. The van der Waals surface area contributed by atoms with Crippen molar-refractivity contribution < 1.29 is 0 Å². The Balaban J connectivity index is 1.65. The monoisotopic (exact) mass is 361 g/mol. The number of aryl methyl sites for hydroxylation is 1. The van der Waals surface area contributed by atoms with Gasteiger partial charge in [-0.3, -0.25) is 0 Å². The molecule has 1 heterocycles. The highest BCUT2D eigenvalue weighted by atomic mass is 32.2. The lowest BCUT2D eigenvalue weighted by atomic mass is 9.98. The van der Waals surface area contributed by atoms with Gasteiger partial charge in [-0.05, 0) is 86.2 Å². The van der Waals surface area contributed by atoms with Crippen molar-refractivity contribution in [2.45, 2.75) is 49.1 Å². The first-order valence-corrected chi connectivity index (χ1v) is 10.7. The zero-order valence-electron chi connectivity index (χ0n) is 13.9. The van der Waals surface area contributed by atoms with Crippen molar-refractivity contribution in [3.8, 4) is 0 Å². The number of allylic oxidation sites excluding steroid dienone is 1. The van der Waals surface area contributed by atoms with Crippen LogP contribution < -0.4 is 4.72 Å². The smallest absolute Gasteiger partial charge is 0.0846 e. The van der Waals surface area contributed by atoms with E-state index in [1.807, 2.05) is 23.1 Å². The molecule has 0 saturated heterocycles. The molecule has 0 spiro atoms. The zero-order chi connectivity index (χ0) is 16.2. The van der Waals surface area contributed by atoms with Crippen LogP contribution >= 0.6 is 35.0 Å². The van der Waals surface area contributed by atoms with Crippen molar-refractivity contribution in [1.82, 2.24) is 0 Å². The quantitative estimate of drug-likeness (QED) is 0.438. The maximum Gasteiger partial charge on any atom is 0.0846 e. The summed E-state index contributed by atoms with van der Waals surface area (Å²) < 4.78 is 4.90. The van der Waals surface area contributed by atoms with E-state index in [1.165, 1.54) is 56.5 Å². The van der Waals surface area contributed by atoms with E-state index in [4.69, 9.17) is 0 Å². The third-order valence-electron chi connectivity index (χ3n) is 3.95. The molecule has 1 aliphatic rings. The van der Waals surface area contributed by atoms with Crippen LogP contribution in [-0.2, 0) is 6.42 Å². The normalized spacial score (nSPS) is 13.6. The lowest BCUT2D eigenvalue weighted by molar-refractivity contribution is 0.946. The molecule has 1 nitrogen and oxygen atoms in total. The first kappa shape index (κ1) is 17.0. The van der Waals surface area contributed by atoms with Crippen LogP contribution in [-0.4, -0.2) is 5.75 Å². The van der Waals surface area contributed by atoms with E-state index in [0.717, 1.165) is 0 Å². The molecular formula is C19H23NS3. The van der Waals surface area contributed by atoms with Gasteiger partial charge in [0.05, 0.1) is 4.21 Å². The second-order valence-corrected chi connectivity index (χ2v) is 9.27. The summed E-state index contributed by atoms with van der Waals surface area (Å²) in [5.74, 6) is 1.19. The van der Waals surface area contributed by atoms with Gasteiger partial charge in [0.1, 0.15) is 0 Å². The van der Waals surface area contributed by atoms with Crippen LogP contribution in [0.5, 0.6) is 0 Å². The average molecular weight is 362 g/mol. The fourth-order valence-corrected chi connectivity index (χ4v) is 5.59. The summed E-state index contributed by atoms with van der Waals surface area (Å²) in [7, 11) is 0. The summed E-state index contributed by atoms with van der Waals surface area (Å²) in [6.07, 6.45) is 6.00. The van der Waals surface area contributed by atoms with Crippen molar-refractivity contribution in [1.29, 1.82) is 0 Å². The Hall–Kier alpha value is -0.840. The number of thioether (sulfide) groups is 1. The molecule has 0 saturated carbocycles. The molecule has 1 aliphatic carbocycles. The molecule has 2 aromatic rings. The Bertz CT molecular complexity index is 698. The van der Waals surface area contributed by atoms with Gasteiger partial charge in [0.2, 0.25) is 0 Å². The van der Waals surface area contributed by atoms with Crippen LogP contribution in [0.25, 0.3) is 6.08 Å². The summed E-state index contributed by atoms with van der Waals surface area (Å²) in [4.78, 5) is 2.90. The van der Waals surface area contributed by atoms with Gasteiger partial charge in [-0.25, -0.2) is 0 Å². The van der Waals surface area contributed by atoms with E-state index >= 15 is 0 Å². The van der Waals surface area contributed by atoms with Gasteiger partial charge in [0.25, 0.3) is 0 Å². The predicted octanol–water partition coefficient (Wildman–Crippen LogP) is 7.03. The molecule has 0 radical (unpaired) electrons. The van der Waals surface area contributed by atoms with Gasteiger partial charge in [-0.2, -0.15) is 0 Å². The fraction of sp³-hybridized carbons (Fsp3) is 0.368. The van der Waals surface area contributed by atoms with Crippen molar-refractivity contribution in [2.75, 3.05) is 10.5 Å². The second kappa shape index (κ2) is 7.82. The SMILES string of the molecule is CCCSc1ccc(NSc2sc3c(c2C)C=C(C)CC3)cc1. The maximum absolute atomic E-state index is 3.50. The molecule has 1 N–H and O–H groups in total. The third kappa shape index (κ3) is 4.17. The van der Waals surface area contributed by atoms with E-state index in [0.29, 0.717) is 0 Å². The molecule has 0 aliphatic heterocycles. The van der Waals surface area contributed by atoms with Crippen molar-refractivity contribution in [3.63, 3.8) is 0 Å². The Morgan fingerprint density at radius 2 is 1.91 bits per heavy atom. The number of hydrogen-bond acceptors (Lipinski definition) is 4. The van der Waals surface area contributed by atoms with E-state index in [-0.39, 0.29) is 0 Å².